The number of hydrogen-bond donors (Lipinski definition) is 1. The summed E-state index contributed by atoms with van der Waals surface area (Å²) in [5.41, 5.74) is 1.84. The Morgan fingerprint density at radius 2 is 2.00 bits per heavy atom. The summed E-state index contributed by atoms with van der Waals surface area (Å²) in [5.74, 6) is 0.136. The number of aromatic nitrogens is 2. The van der Waals surface area contributed by atoms with Crippen LogP contribution in [-0.2, 0) is 16.8 Å². The third-order valence-electron chi connectivity index (χ3n) is 5.51. The van der Waals surface area contributed by atoms with Crippen LogP contribution < -0.4 is 5.32 Å². The molecule has 2 fully saturated rings. The van der Waals surface area contributed by atoms with Crippen LogP contribution in [-0.4, -0.2) is 15.5 Å². The summed E-state index contributed by atoms with van der Waals surface area (Å²) in [6.45, 7) is 4.90. The van der Waals surface area contributed by atoms with Gasteiger partial charge in [-0.15, -0.1) is 0 Å². The first-order valence-corrected chi connectivity index (χ1v) is 8.39. The molecule has 2 aromatic rings. The highest BCUT2D eigenvalue weighted by Gasteiger charge is 2.66. The summed E-state index contributed by atoms with van der Waals surface area (Å²) >= 11 is 0. The molecule has 1 N–H and O–H groups in total. The molecule has 2 aliphatic rings. The Hall–Kier alpha value is -2.10. The van der Waals surface area contributed by atoms with Crippen LogP contribution in [0.15, 0.2) is 42.9 Å². The summed E-state index contributed by atoms with van der Waals surface area (Å²) in [7, 11) is 0. The van der Waals surface area contributed by atoms with Gasteiger partial charge in [0.05, 0.1) is 24.0 Å². The summed E-state index contributed by atoms with van der Waals surface area (Å²) in [4.78, 5) is 17.2. The lowest BCUT2D eigenvalue weighted by Gasteiger charge is -2.21. The van der Waals surface area contributed by atoms with Gasteiger partial charge in [0.2, 0.25) is 5.91 Å². The fraction of sp³-hybridized carbons (Fsp3) is 0.474. The average molecular weight is 309 g/mol. The van der Waals surface area contributed by atoms with E-state index in [1.807, 2.05) is 30.7 Å². The van der Waals surface area contributed by atoms with E-state index in [9.17, 15) is 4.79 Å². The highest BCUT2D eigenvalue weighted by molar-refractivity contribution is 5.93. The third-order valence-corrected chi connectivity index (χ3v) is 5.51. The molecule has 1 unspecified atom stereocenters. The van der Waals surface area contributed by atoms with E-state index in [1.54, 1.807) is 0 Å². The van der Waals surface area contributed by atoms with Crippen LogP contribution in [0.2, 0.25) is 0 Å². The van der Waals surface area contributed by atoms with Gasteiger partial charge < -0.3 is 9.88 Å². The fourth-order valence-electron chi connectivity index (χ4n) is 3.83. The van der Waals surface area contributed by atoms with Crippen molar-refractivity contribution in [2.24, 2.45) is 5.41 Å². The normalized spacial score (nSPS) is 25.1. The van der Waals surface area contributed by atoms with Crippen LogP contribution in [0, 0.1) is 5.41 Å². The summed E-state index contributed by atoms with van der Waals surface area (Å²) in [6, 6.07) is 10.8. The minimum absolute atomic E-state index is 0.00910. The molecule has 4 nitrogen and oxygen atoms in total. The average Bonchev–Trinajstić information content (AvgIpc) is 3.43. The van der Waals surface area contributed by atoms with Crippen molar-refractivity contribution in [2.45, 2.75) is 51.1 Å². The van der Waals surface area contributed by atoms with Crippen LogP contribution in [0.4, 0.5) is 0 Å². The van der Waals surface area contributed by atoms with Crippen LogP contribution in [0.3, 0.4) is 0 Å². The van der Waals surface area contributed by atoms with Crippen LogP contribution in [0.25, 0.3) is 0 Å². The minimum atomic E-state index is -0.390. The van der Waals surface area contributed by atoms with Gasteiger partial charge >= 0.3 is 0 Å². The number of amides is 1. The first-order valence-electron chi connectivity index (χ1n) is 8.39. The molecule has 1 aromatic carbocycles. The van der Waals surface area contributed by atoms with Gasteiger partial charge in [-0.05, 0) is 30.2 Å². The van der Waals surface area contributed by atoms with E-state index in [-0.39, 0.29) is 11.3 Å². The Morgan fingerprint density at radius 1 is 1.30 bits per heavy atom. The number of carbonyl (C=O) groups is 1. The quantitative estimate of drug-likeness (QED) is 0.922. The third kappa shape index (κ3) is 2.28. The van der Waals surface area contributed by atoms with E-state index in [2.05, 4.69) is 40.8 Å². The number of nitrogens with one attached hydrogen (secondary N) is 1. The lowest BCUT2D eigenvalue weighted by molar-refractivity contribution is -0.124. The maximum atomic E-state index is 13.0. The van der Waals surface area contributed by atoms with E-state index in [4.69, 9.17) is 0 Å². The first-order chi connectivity index (χ1) is 11.0. The molecule has 0 bridgehead atoms. The minimum Gasteiger partial charge on any atom is -0.350 e. The van der Waals surface area contributed by atoms with Crippen molar-refractivity contribution in [2.75, 3.05) is 0 Å². The van der Waals surface area contributed by atoms with Gasteiger partial charge in [-0.1, -0.05) is 44.2 Å². The molecule has 1 heterocycles. The zero-order chi connectivity index (χ0) is 16.1. The van der Waals surface area contributed by atoms with E-state index < -0.39 is 5.41 Å². The zero-order valence-corrected chi connectivity index (χ0v) is 13.7. The number of nitrogens with zero attached hydrogens (tertiary/aromatic N) is 2. The van der Waals surface area contributed by atoms with Crippen molar-refractivity contribution in [3.05, 3.63) is 54.1 Å². The maximum absolute atomic E-state index is 13.0. The van der Waals surface area contributed by atoms with Gasteiger partial charge in [0, 0.05) is 12.2 Å². The number of imidazole rings is 1. The first kappa shape index (κ1) is 14.5. The molecule has 120 valence electrons. The van der Waals surface area contributed by atoms with E-state index in [0.717, 1.165) is 17.7 Å². The van der Waals surface area contributed by atoms with Crippen LogP contribution in [0.5, 0.6) is 0 Å². The molecule has 1 atom stereocenters. The molecular weight excluding hydrogens is 286 g/mol. The molecular formula is C19H23N3O. The SMILES string of the molecule is CC1(C)CC1(C(=O)NCc1cncn1C1CC1)c1ccccc1. The van der Waals surface area contributed by atoms with Gasteiger partial charge in [0.15, 0.2) is 0 Å². The second-order valence-corrected chi connectivity index (χ2v) is 7.54. The summed E-state index contributed by atoms with van der Waals surface area (Å²) in [5, 5.41) is 3.17. The smallest absolute Gasteiger partial charge is 0.231 e. The predicted octanol–water partition coefficient (Wildman–Crippen LogP) is 3.20. The molecule has 0 spiro atoms. The Bertz CT molecular complexity index is 730. The second-order valence-electron chi connectivity index (χ2n) is 7.54. The molecule has 1 aromatic heterocycles. The topological polar surface area (TPSA) is 46.9 Å². The predicted molar refractivity (Wildman–Crippen MR) is 88.9 cm³/mol. The maximum Gasteiger partial charge on any atom is 0.231 e. The highest BCUT2D eigenvalue weighted by Crippen LogP contribution is 2.64. The molecule has 0 saturated heterocycles. The molecule has 4 rings (SSSR count). The van der Waals surface area contributed by atoms with Gasteiger partial charge in [0.1, 0.15) is 0 Å². The van der Waals surface area contributed by atoms with Crippen molar-refractivity contribution in [3.8, 4) is 0 Å². The van der Waals surface area contributed by atoms with Crippen molar-refractivity contribution >= 4 is 5.91 Å². The Labute approximate surface area is 136 Å². The van der Waals surface area contributed by atoms with Gasteiger partial charge in [-0.25, -0.2) is 4.98 Å². The van der Waals surface area contributed by atoms with Crippen LogP contribution >= 0.6 is 0 Å². The summed E-state index contributed by atoms with van der Waals surface area (Å²) < 4.78 is 2.20. The standard InChI is InChI=1S/C19H23N3O/c1-18(2)12-19(18,14-6-4-3-5-7-14)17(23)21-11-16-10-20-13-22(16)15-8-9-15/h3-7,10,13,15H,8-9,11-12H2,1-2H3,(H,21,23). The highest BCUT2D eigenvalue weighted by atomic mass is 16.2. The fourth-order valence-corrected chi connectivity index (χ4v) is 3.83. The molecule has 2 aliphatic carbocycles. The second kappa shape index (κ2) is 4.95. The van der Waals surface area contributed by atoms with Gasteiger partial charge in [0.25, 0.3) is 0 Å². The monoisotopic (exact) mass is 309 g/mol. The largest absolute Gasteiger partial charge is 0.350 e. The molecule has 0 radical (unpaired) electrons. The Balaban J connectivity index is 1.52. The van der Waals surface area contributed by atoms with Gasteiger partial charge in [-0.3, -0.25) is 4.79 Å². The Kier molecular flexibility index (Phi) is 3.12. The lowest BCUT2D eigenvalue weighted by atomic mass is 9.87. The number of benzene rings is 1. The van der Waals surface area contributed by atoms with Crippen molar-refractivity contribution in [1.29, 1.82) is 0 Å². The van der Waals surface area contributed by atoms with Crippen molar-refractivity contribution in [1.82, 2.24) is 14.9 Å². The molecule has 23 heavy (non-hydrogen) atoms. The lowest BCUT2D eigenvalue weighted by Crippen LogP contribution is -2.37. The van der Waals surface area contributed by atoms with E-state index >= 15 is 0 Å². The number of carbonyl (C=O) groups excluding carboxylic acids is 1. The molecule has 4 heteroatoms. The van der Waals surface area contributed by atoms with E-state index in [1.165, 1.54) is 12.8 Å². The number of rotatable bonds is 5. The Morgan fingerprint density at radius 3 is 2.61 bits per heavy atom. The van der Waals surface area contributed by atoms with E-state index in [0.29, 0.717) is 12.6 Å². The molecule has 2 saturated carbocycles. The summed E-state index contributed by atoms with van der Waals surface area (Å²) in [6.07, 6.45) is 7.09. The number of hydrogen-bond acceptors (Lipinski definition) is 2. The van der Waals surface area contributed by atoms with Crippen molar-refractivity contribution < 1.29 is 4.79 Å². The van der Waals surface area contributed by atoms with Gasteiger partial charge in [-0.2, -0.15) is 0 Å². The zero-order valence-electron chi connectivity index (χ0n) is 13.7. The molecule has 1 amide bonds. The van der Waals surface area contributed by atoms with Crippen LogP contribution in [0.1, 0.15) is 50.4 Å². The van der Waals surface area contributed by atoms with Crippen molar-refractivity contribution in [3.63, 3.8) is 0 Å². The molecule has 0 aliphatic heterocycles.